The summed E-state index contributed by atoms with van der Waals surface area (Å²) in [6.07, 6.45) is 4.35. The first kappa shape index (κ1) is 16.8. The van der Waals surface area contributed by atoms with E-state index in [1.165, 1.54) is 0 Å². The quantitative estimate of drug-likeness (QED) is 0.647. The average Bonchev–Trinajstić information content (AvgIpc) is 3.07. The predicted octanol–water partition coefficient (Wildman–Crippen LogP) is 2.33. The highest BCUT2D eigenvalue weighted by atomic mass is 16.5. The van der Waals surface area contributed by atoms with Crippen molar-refractivity contribution in [3.8, 4) is 5.88 Å². The summed E-state index contributed by atoms with van der Waals surface area (Å²) < 4.78 is 7.10. The fourth-order valence-corrected chi connectivity index (χ4v) is 2.52. The Bertz CT molecular complexity index is 829. The van der Waals surface area contributed by atoms with Crippen LogP contribution in [0.15, 0.2) is 48.9 Å². The van der Waals surface area contributed by atoms with E-state index in [4.69, 9.17) is 4.74 Å². The summed E-state index contributed by atoms with van der Waals surface area (Å²) in [7, 11) is 1.57. The van der Waals surface area contributed by atoms with Crippen LogP contribution in [-0.2, 0) is 13.1 Å². The van der Waals surface area contributed by atoms with Gasteiger partial charge in [-0.25, -0.2) is 14.8 Å². The first-order valence-electron chi connectivity index (χ1n) is 8.17. The van der Waals surface area contributed by atoms with Crippen molar-refractivity contribution in [2.24, 2.45) is 0 Å². The molecular formula is C18H21N5O2. The first-order valence-corrected chi connectivity index (χ1v) is 8.17. The number of carbonyl (C=O) groups is 1. The molecule has 2 aromatic heterocycles. The minimum absolute atomic E-state index is 0.189. The number of aromatic nitrogens is 3. The number of hydrogen-bond donors (Lipinski definition) is 2. The number of pyridine rings is 1. The van der Waals surface area contributed by atoms with Crippen molar-refractivity contribution in [3.05, 3.63) is 54.5 Å². The molecular weight excluding hydrogens is 318 g/mol. The van der Waals surface area contributed by atoms with Gasteiger partial charge in [0.1, 0.15) is 0 Å². The molecule has 3 aromatic rings. The molecule has 0 spiro atoms. The van der Waals surface area contributed by atoms with Gasteiger partial charge in [0.05, 0.1) is 24.5 Å². The Morgan fingerprint density at radius 3 is 2.84 bits per heavy atom. The van der Waals surface area contributed by atoms with E-state index in [0.717, 1.165) is 29.6 Å². The highest BCUT2D eigenvalue weighted by Crippen LogP contribution is 2.11. The molecule has 0 saturated heterocycles. The van der Waals surface area contributed by atoms with Crippen LogP contribution in [0.5, 0.6) is 5.88 Å². The molecule has 2 heterocycles. The van der Waals surface area contributed by atoms with Crippen molar-refractivity contribution in [2.75, 3.05) is 13.7 Å². The summed E-state index contributed by atoms with van der Waals surface area (Å²) in [5.41, 5.74) is 3.01. The number of hydrogen-bond acceptors (Lipinski definition) is 4. The number of urea groups is 1. The molecule has 0 radical (unpaired) electrons. The number of benzene rings is 1. The number of nitrogens with zero attached hydrogens (tertiary/aromatic N) is 3. The molecule has 2 N–H and O–H groups in total. The standard InChI is InChI=1S/C18H21N5O2/c1-25-17-8-7-14(11-20-17)12-21-18(24)19-9-4-10-23-13-22-15-5-2-3-6-16(15)23/h2-3,5-8,11,13H,4,9-10,12H2,1H3,(H2,19,21,24). The number of rotatable bonds is 7. The second kappa shape index (κ2) is 8.14. The lowest BCUT2D eigenvalue weighted by Gasteiger charge is -2.08. The van der Waals surface area contributed by atoms with Crippen molar-refractivity contribution in [1.82, 2.24) is 25.2 Å². The number of aryl methyl sites for hydroxylation is 1. The van der Waals surface area contributed by atoms with Gasteiger partial charge in [-0.2, -0.15) is 0 Å². The van der Waals surface area contributed by atoms with Gasteiger partial charge in [-0.05, 0) is 24.1 Å². The van der Waals surface area contributed by atoms with Crippen LogP contribution in [-0.4, -0.2) is 34.2 Å². The van der Waals surface area contributed by atoms with E-state index in [-0.39, 0.29) is 6.03 Å². The second-order valence-corrected chi connectivity index (χ2v) is 5.60. The molecule has 7 heteroatoms. The fraction of sp³-hybridized carbons (Fsp3) is 0.278. The predicted molar refractivity (Wildman–Crippen MR) is 95.4 cm³/mol. The zero-order valence-electron chi connectivity index (χ0n) is 14.1. The van der Waals surface area contributed by atoms with Crippen molar-refractivity contribution in [3.63, 3.8) is 0 Å². The SMILES string of the molecule is COc1ccc(CNC(=O)NCCCn2cnc3ccccc32)cn1. The first-order chi connectivity index (χ1) is 12.3. The van der Waals surface area contributed by atoms with Gasteiger partial charge < -0.3 is 19.9 Å². The molecule has 0 bridgehead atoms. The number of amides is 2. The zero-order chi connectivity index (χ0) is 17.5. The number of para-hydroxylation sites is 2. The van der Waals surface area contributed by atoms with Gasteiger partial charge in [-0.15, -0.1) is 0 Å². The maximum Gasteiger partial charge on any atom is 0.315 e. The Hall–Kier alpha value is -3.09. The zero-order valence-corrected chi connectivity index (χ0v) is 14.1. The van der Waals surface area contributed by atoms with Gasteiger partial charge in [-0.3, -0.25) is 0 Å². The molecule has 3 rings (SSSR count). The highest BCUT2D eigenvalue weighted by Gasteiger charge is 2.03. The van der Waals surface area contributed by atoms with Crippen molar-refractivity contribution >= 4 is 17.1 Å². The van der Waals surface area contributed by atoms with Crippen LogP contribution >= 0.6 is 0 Å². The maximum atomic E-state index is 11.8. The third-order valence-electron chi connectivity index (χ3n) is 3.85. The lowest BCUT2D eigenvalue weighted by atomic mass is 10.3. The molecule has 25 heavy (non-hydrogen) atoms. The lowest BCUT2D eigenvalue weighted by Crippen LogP contribution is -2.35. The van der Waals surface area contributed by atoms with E-state index in [1.807, 2.05) is 36.7 Å². The third kappa shape index (κ3) is 4.47. The molecule has 1 aromatic carbocycles. The van der Waals surface area contributed by atoms with Gasteiger partial charge in [-0.1, -0.05) is 18.2 Å². The molecule has 7 nitrogen and oxygen atoms in total. The molecule has 0 fully saturated rings. The Morgan fingerprint density at radius 2 is 2.04 bits per heavy atom. The van der Waals surface area contributed by atoms with Crippen LogP contribution in [0.3, 0.4) is 0 Å². The maximum absolute atomic E-state index is 11.8. The second-order valence-electron chi connectivity index (χ2n) is 5.60. The Labute approximate surface area is 146 Å². The Balaban J connectivity index is 1.37. The van der Waals surface area contributed by atoms with Crippen LogP contribution in [0, 0.1) is 0 Å². The van der Waals surface area contributed by atoms with Crippen LogP contribution in [0.1, 0.15) is 12.0 Å². The van der Waals surface area contributed by atoms with Crippen LogP contribution < -0.4 is 15.4 Å². The number of imidazole rings is 1. The number of carbonyl (C=O) groups excluding carboxylic acids is 1. The monoisotopic (exact) mass is 339 g/mol. The Morgan fingerprint density at radius 1 is 1.16 bits per heavy atom. The molecule has 0 aliphatic rings. The molecule has 0 aliphatic heterocycles. The Kier molecular flexibility index (Phi) is 5.46. The van der Waals surface area contributed by atoms with E-state index in [2.05, 4.69) is 25.2 Å². The minimum Gasteiger partial charge on any atom is -0.481 e. The van der Waals surface area contributed by atoms with E-state index in [0.29, 0.717) is 19.0 Å². The summed E-state index contributed by atoms with van der Waals surface area (Å²) in [6.45, 7) is 1.83. The van der Waals surface area contributed by atoms with E-state index in [1.54, 1.807) is 19.4 Å². The molecule has 0 saturated carbocycles. The van der Waals surface area contributed by atoms with Gasteiger partial charge in [0.25, 0.3) is 0 Å². The number of methoxy groups -OCH3 is 1. The van der Waals surface area contributed by atoms with Crippen LogP contribution in [0.25, 0.3) is 11.0 Å². The summed E-state index contributed by atoms with van der Waals surface area (Å²) in [6, 6.07) is 11.5. The molecule has 0 aliphatic carbocycles. The van der Waals surface area contributed by atoms with E-state index >= 15 is 0 Å². The lowest BCUT2D eigenvalue weighted by molar-refractivity contribution is 0.240. The summed E-state index contributed by atoms with van der Waals surface area (Å²) in [5.74, 6) is 0.556. The largest absolute Gasteiger partial charge is 0.481 e. The molecule has 2 amide bonds. The molecule has 0 unspecified atom stereocenters. The molecule has 130 valence electrons. The highest BCUT2D eigenvalue weighted by molar-refractivity contribution is 5.75. The summed E-state index contributed by atoms with van der Waals surface area (Å²) >= 11 is 0. The van der Waals surface area contributed by atoms with Gasteiger partial charge in [0.2, 0.25) is 5.88 Å². The third-order valence-corrected chi connectivity index (χ3v) is 3.85. The smallest absolute Gasteiger partial charge is 0.315 e. The summed E-state index contributed by atoms with van der Waals surface area (Å²) in [4.78, 5) is 20.3. The molecule has 0 atom stereocenters. The van der Waals surface area contributed by atoms with Gasteiger partial charge in [0, 0.05) is 31.9 Å². The van der Waals surface area contributed by atoms with Crippen LogP contribution in [0.4, 0.5) is 4.79 Å². The number of nitrogens with one attached hydrogen (secondary N) is 2. The normalized spacial score (nSPS) is 10.6. The fourth-order valence-electron chi connectivity index (χ4n) is 2.52. The van der Waals surface area contributed by atoms with E-state index < -0.39 is 0 Å². The summed E-state index contributed by atoms with van der Waals surface area (Å²) in [5, 5.41) is 5.67. The van der Waals surface area contributed by atoms with Crippen molar-refractivity contribution < 1.29 is 9.53 Å². The van der Waals surface area contributed by atoms with Crippen LogP contribution in [0.2, 0.25) is 0 Å². The number of fused-ring (bicyclic) bond motifs is 1. The van der Waals surface area contributed by atoms with E-state index in [9.17, 15) is 4.79 Å². The van der Waals surface area contributed by atoms with Gasteiger partial charge >= 0.3 is 6.03 Å². The topological polar surface area (TPSA) is 81.1 Å². The minimum atomic E-state index is -0.189. The van der Waals surface area contributed by atoms with Gasteiger partial charge in [0.15, 0.2) is 0 Å². The van der Waals surface area contributed by atoms with Crippen molar-refractivity contribution in [2.45, 2.75) is 19.5 Å². The van der Waals surface area contributed by atoms with Crippen molar-refractivity contribution in [1.29, 1.82) is 0 Å². The number of ether oxygens (including phenoxy) is 1. The average molecular weight is 339 g/mol.